The second kappa shape index (κ2) is 12.4. The molecule has 0 spiro atoms. The second-order valence-corrected chi connectivity index (χ2v) is 9.41. The van der Waals surface area contributed by atoms with Crippen molar-refractivity contribution in [1.82, 2.24) is 14.8 Å². The van der Waals surface area contributed by atoms with Crippen molar-refractivity contribution in [1.29, 1.82) is 0 Å². The average molecular weight is 548 g/mol. The van der Waals surface area contributed by atoms with Crippen LogP contribution in [0.25, 0.3) is 0 Å². The summed E-state index contributed by atoms with van der Waals surface area (Å²) in [5, 5.41) is 0. The molecule has 1 saturated heterocycles. The Morgan fingerprint density at radius 2 is 1.74 bits per heavy atom. The van der Waals surface area contributed by atoms with Crippen LogP contribution < -0.4 is 0 Å². The van der Waals surface area contributed by atoms with Gasteiger partial charge < -0.3 is 14.1 Å². The normalized spacial score (nSPS) is 14.6. The highest BCUT2D eigenvalue weighted by Gasteiger charge is 2.31. The standard InChI is InChI=1S/C28H29F4N3O4/c1-2-38-27(37)21-10-12-35(13-11-21)26(36)24-18-39-25(33-24)17-34(15-19-6-8-23(29)9-7-19)16-20-4-3-5-22(14-20)28(30,31)32/h3-9,14,18,21H,2,10-13,15-17H2,1H3. The third-order valence-corrected chi connectivity index (χ3v) is 6.51. The van der Waals surface area contributed by atoms with E-state index in [9.17, 15) is 27.2 Å². The lowest BCUT2D eigenvalue weighted by atomic mass is 9.97. The smallest absolute Gasteiger partial charge is 0.416 e. The van der Waals surface area contributed by atoms with Crippen molar-refractivity contribution in [2.45, 2.75) is 45.6 Å². The van der Waals surface area contributed by atoms with Crippen molar-refractivity contribution < 1.29 is 36.3 Å². The molecule has 2 aromatic carbocycles. The van der Waals surface area contributed by atoms with Crippen LogP contribution in [0, 0.1) is 11.7 Å². The zero-order valence-electron chi connectivity index (χ0n) is 21.4. The highest BCUT2D eigenvalue weighted by molar-refractivity contribution is 5.92. The third kappa shape index (κ3) is 7.66. The van der Waals surface area contributed by atoms with Crippen LogP contribution in [0.3, 0.4) is 0 Å². The maximum atomic E-state index is 13.4. The molecule has 2 heterocycles. The topological polar surface area (TPSA) is 75.9 Å². The van der Waals surface area contributed by atoms with Gasteiger partial charge in [-0.25, -0.2) is 9.37 Å². The van der Waals surface area contributed by atoms with E-state index >= 15 is 0 Å². The van der Waals surface area contributed by atoms with E-state index < -0.39 is 17.6 Å². The van der Waals surface area contributed by atoms with Gasteiger partial charge in [-0.1, -0.05) is 30.3 Å². The van der Waals surface area contributed by atoms with Crippen molar-refractivity contribution in [3.8, 4) is 0 Å². The molecule has 1 aliphatic heterocycles. The molecular formula is C28H29F4N3O4. The van der Waals surface area contributed by atoms with Crippen LogP contribution in [-0.2, 0) is 35.3 Å². The van der Waals surface area contributed by atoms with Gasteiger partial charge in [0.05, 0.1) is 24.6 Å². The van der Waals surface area contributed by atoms with Crippen LogP contribution in [0.1, 0.15) is 52.8 Å². The van der Waals surface area contributed by atoms with Gasteiger partial charge in [-0.05, 0) is 49.1 Å². The molecule has 0 unspecified atom stereocenters. The molecule has 4 rings (SSSR count). The number of carbonyl (C=O) groups excluding carboxylic acids is 2. The molecule has 0 atom stereocenters. The van der Waals surface area contributed by atoms with Gasteiger partial charge in [0.2, 0.25) is 5.89 Å². The third-order valence-electron chi connectivity index (χ3n) is 6.51. The Kier molecular flexibility index (Phi) is 9.01. The maximum Gasteiger partial charge on any atom is 0.416 e. The van der Waals surface area contributed by atoms with Crippen molar-refractivity contribution in [3.05, 3.63) is 88.9 Å². The Morgan fingerprint density at radius 3 is 2.41 bits per heavy atom. The molecular weight excluding hydrogens is 518 g/mol. The molecule has 3 aromatic rings. The number of carbonyl (C=O) groups is 2. The summed E-state index contributed by atoms with van der Waals surface area (Å²) < 4.78 is 63.7. The summed E-state index contributed by atoms with van der Waals surface area (Å²) in [5.41, 5.74) is 0.535. The lowest BCUT2D eigenvalue weighted by molar-refractivity contribution is -0.149. The maximum absolute atomic E-state index is 13.4. The van der Waals surface area contributed by atoms with E-state index in [1.54, 1.807) is 34.9 Å². The Morgan fingerprint density at radius 1 is 1.05 bits per heavy atom. The number of piperidine rings is 1. The number of amides is 1. The van der Waals surface area contributed by atoms with Gasteiger partial charge in [-0.2, -0.15) is 13.2 Å². The zero-order chi connectivity index (χ0) is 28.0. The SMILES string of the molecule is CCOC(=O)C1CCN(C(=O)c2coc(CN(Cc3ccc(F)cc3)Cc3cccc(C(F)(F)F)c3)n2)CC1. The van der Waals surface area contributed by atoms with Crippen molar-refractivity contribution in [3.63, 3.8) is 0 Å². The predicted molar refractivity (Wildman–Crippen MR) is 133 cm³/mol. The van der Waals surface area contributed by atoms with Gasteiger partial charge in [0.15, 0.2) is 5.69 Å². The van der Waals surface area contributed by atoms with Crippen molar-refractivity contribution in [2.24, 2.45) is 5.92 Å². The number of alkyl halides is 3. The van der Waals surface area contributed by atoms with Gasteiger partial charge in [0, 0.05) is 26.2 Å². The fraction of sp³-hybridized carbons (Fsp3) is 0.393. The highest BCUT2D eigenvalue weighted by Crippen LogP contribution is 2.30. The summed E-state index contributed by atoms with van der Waals surface area (Å²) >= 11 is 0. The number of nitrogens with zero attached hydrogens (tertiary/aromatic N) is 3. The van der Waals surface area contributed by atoms with Gasteiger partial charge in [0.25, 0.3) is 5.91 Å². The number of hydrogen-bond donors (Lipinski definition) is 0. The minimum atomic E-state index is -4.47. The molecule has 39 heavy (non-hydrogen) atoms. The first-order valence-corrected chi connectivity index (χ1v) is 12.7. The highest BCUT2D eigenvalue weighted by atomic mass is 19.4. The molecule has 0 radical (unpaired) electrons. The van der Waals surface area contributed by atoms with Crippen LogP contribution in [0.2, 0.25) is 0 Å². The molecule has 0 aliphatic carbocycles. The molecule has 11 heteroatoms. The summed E-state index contributed by atoms with van der Waals surface area (Å²) in [7, 11) is 0. The number of rotatable bonds is 9. The molecule has 7 nitrogen and oxygen atoms in total. The van der Waals surface area contributed by atoms with Gasteiger partial charge in [-0.15, -0.1) is 0 Å². The fourth-order valence-electron chi connectivity index (χ4n) is 4.53. The minimum absolute atomic E-state index is 0.103. The van der Waals surface area contributed by atoms with Crippen LogP contribution >= 0.6 is 0 Å². The fourth-order valence-corrected chi connectivity index (χ4v) is 4.53. The number of hydrogen-bond acceptors (Lipinski definition) is 6. The molecule has 1 aliphatic rings. The van der Waals surface area contributed by atoms with Crippen molar-refractivity contribution in [2.75, 3.05) is 19.7 Å². The summed E-state index contributed by atoms with van der Waals surface area (Å²) in [5.74, 6) is -0.998. The predicted octanol–water partition coefficient (Wildman–Crippen LogP) is 5.45. The lowest BCUT2D eigenvalue weighted by Gasteiger charge is -2.30. The number of ether oxygens (including phenoxy) is 1. The molecule has 0 bridgehead atoms. The number of benzene rings is 2. The largest absolute Gasteiger partial charge is 0.466 e. The van der Waals surface area contributed by atoms with E-state index in [1.807, 2.05) is 0 Å². The van der Waals surface area contributed by atoms with Crippen LogP contribution in [0.15, 0.2) is 59.2 Å². The van der Waals surface area contributed by atoms with E-state index in [4.69, 9.17) is 9.15 Å². The Balaban J connectivity index is 1.45. The van der Waals surface area contributed by atoms with Gasteiger partial charge in [-0.3, -0.25) is 14.5 Å². The van der Waals surface area contributed by atoms with E-state index in [0.29, 0.717) is 38.1 Å². The average Bonchev–Trinajstić information content (AvgIpc) is 3.38. The molecule has 1 fully saturated rings. The molecule has 1 aromatic heterocycles. The van der Waals surface area contributed by atoms with Crippen LogP contribution in [0.4, 0.5) is 17.6 Å². The van der Waals surface area contributed by atoms with E-state index in [1.165, 1.54) is 24.5 Å². The number of halogens is 4. The second-order valence-electron chi connectivity index (χ2n) is 9.41. The number of aromatic nitrogens is 1. The van der Waals surface area contributed by atoms with E-state index in [2.05, 4.69) is 4.98 Å². The molecule has 1 amide bonds. The van der Waals surface area contributed by atoms with Crippen LogP contribution in [-0.4, -0.2) is 46.4 Å². The summed E-state index contributed by atoms with van der Waals surface area (Å²) in [6, 6.07) is 10.9. The lowest BCUT2D eigenvalue weighted by Crippen LogP contribution is -2.40. The molecule has 0 N–H and O–H groups in total. The van der Waals surface area contributed by atoms with E-state index in [-0.39, 0.29) is 49.0 Å². The number of oxazole rings is 1. The van der Waals surface area contributed by atoms with Crippen molar-refractivity contribution >= 4 is 11.9 Å². The molecule has 208 valence electrons. The Bertz CT molecular complexity index is 1270. The zero-order valence-corrected chi connectivity index (χ0v) is 21.4. The summed E-state index contributed by atoms with van der Waals surface area (Å²) in [4.78, 5) is 32.7. The quantitative estimate of drug-likeness (QED) is 0.262. The monoisotopic (exact) mass is 547 g/mol. The first-order valence-electron chi connectivity index (χ1n) is 12.7. The Hall–Kier alpha value is -3.73. The van der Waals surface area contributed by atoms with E-state index in [0.717, 1.165) is 17.7 Å². The first-order chi connectivity index (χ1) is 18.6. The Labute approximate surface area is 223 Å². The number of likely N-dealkylation sites (tertiary alicyclic amines) is 1. The van der Waals surface area contributed by atoms with Crippen LogP contribution in [0.5, 0.6) is 0 Å². The summed E-state index contributed by atoms with van der Waals surface area (Å²) in [6.45, 7) is 3.35. The van der Waals surface area contributed by atoms with Gasteiger partial charge in [0.1, 0.15) is 12.1 Å². The van der Waals surface area contributed by atoms with Gasteiger partial charge >= 0.3 is 12.1 Å². The minimum Gasteiger partial charge on any atom is -0.466 e. The first kappa shape index (κ1) is 28.3. The summed E-state index contributed by atoms with van der Waals surface area (Å²) in [6.07, 6.45) is -2.22. The molecule has 0 saturated carbocycles. The number of esters is 1.